The van der Waals surface area contributed by atoms with Gasteiger partial charge in [0.2, 0.25) is 0 Å². The topological polar surface area (TPSA) is 0 Å². The second-order valence-corrected chi connectivity index (χ2v) is 8.93. The van der Waals surface area contributed by atoms with Crippen LogP contribution < -0.4 is 0 Å². The Morgan fingerprint density at radius 1 is 1.14 bits per heavy atom. The summed E-state index contributed by atoms with van der Waals surface area (Å²) >= 11 is -0.318. The number of allylic oxidation sites excluding steroid dienone is 4. The summed E-state index contributed by atoms with van der Waals surface area (Å²) in [6, 6.07) is 0. The fraction of sp³-hybridized carbons (Fsp3) is 0.333. The van der Waals surface area contributed by atoms with E-state index in [2.05, 4.69) is 26.0 Å². The van der Waals surface area contributed by atoms with Gasteiger partial charge in [0.1, 0.15) is 0 Å². The molecule has 1 heterocycles. The number of rotatable bonds is 0. The van der Waals surface area contributed by atoms with E-state index in [1.165, 1.54) is 0 Å². The van der Waals surface area contributed by atoms with E-state index in [4.69, 9.17) is 0 Å². The third-order valence-corrected chi connectivity index (χ3v) is 5.34. The molecule has 0 fully saturated rings. The molecule has 0 aromatic rings. The summed E-state index contributed by atoms with van der Waals surface area (Å²) in [4.78, 5) is 0. The molecule has 0 bridgehead atoms. The summed E-state index contributed by atoms with van der Waals surface area (Å²) in [5.74, 6) is 0. The minimum absolute atomic E-state index is 0.318. The van der Waals surface area contributed by atoms with Gasteiger partial charge in [0.15, 0.2) is 0 Å². The van der Waals surface area contributed by atoms with E-state index in [-0.39, 0.29) is 23.2 Å². The van der Waals surface area contributed by atoms with Gasteiger partial charge in [0, 0.05) is 0 Å². The average molecular weight is 290 g/mol. The van der Waals surface area contributed by atoms with Gasteiger partial charge in [0.25, 0.3) is 0 Å². The van der Waals surface area contributed by atoms with Crippen molar-refractivity contribution in [2.45, 2.75) is 13.8 Å². The van der Waals surface area contributed by atoms with Crippen LogP contribution in [-0.4, -0.2) is 23.2 Å². The Morgan fingerprint density at radius 3 is 1.71 bits per heavy atom. The SMILES string of the molecule is C[C]1=CC=[C](C)[BiH]1. The zero-order valence-corrected chi connectivity index (χ0v) is 8.54. The van der Waals surface area contributed by atoms with E-state index >= 15 is 0 Å². The fourth-order valence-electron chi connectivity index (χ4n) is 0.644. The molecule has 0 saturated carbocycles. The van der Waals surface area contributed by atoms with E-state index in [0.717, 1.165) is 0 Å². The molecule has 0 unspecified atom stereocenters. The molecule has 7 heavy (non-hydrogen) atoms. The Hall–Kier alpha value is 0.363. The Labute approximate surface area is 55.9 Å². The molecule has 1 rings (SSSR count). The molecule has 0 nitrogen and oxygen atoms in total. The van der Waals surface area contributed by atoms with Crippen LogP contribution in [0.5, 0.6) is 0 Å². The van der Waals surface area contributed by atoms with Crippen LogP contribution in [0.25, 0.3) is 0 Å². The van der Waals surface area contributed by atoms with Gasteiger partial charge in [-0.3, -0.25) is 0 Å². The van der Waals surface area contributed by atoms with E-state index in [9.17, 15) is 0 Å². The van der Waals surface area contributed by atoms with Crippen molar-refractivity contribution in [1.29, 1.82) is 0 Å². The average Bonchev–Trinajstić information content (AvgIpc) is 1.87. The van der Waals surface area contributed by atoms with Gasteiger partial charge in [-0.1, -0.05) is 0 Å². The van der Waals surface area contributed by atoms with Gasteiger partial charge in [-0.05, 0) is 0 Å². The number of hydrogen-bond acceptors (Lipinski definition) is 0. The molecule has 0 radical (unpaired) electrons. The molecule has 0 aliphatic carbocycles. The molecule has 0 aromatic carbocycles. The zero-order valence-electron chi connectivity index (χ0n) is 4.65. The van der Waals surface area contributed by atoms with Crippen molar-refractivity contribution in [1.82, 2.24) is 0 Å². The molecule has 1 aliphatic rings. The van der Waals surface area contributed by atoms with Crippen LogP contribution in [0.15, 0.2) is 18.7 Å². The molecule has 0 N–H and O–H groups in total. The summed E-state index contributed by atoms with van der Waals surface area (Å²) in [6.45, 7) is 4.49. The maximum atomic E-state index is 2.26. The van der Waals surface area contributed by atoms with Crippen LogP contribution in [0.1, 0.15) is 13.8 Å². The molecule has 0 aromatic heterocycles. The standard InChI is InChI=1S/C6H8.Bi.H/c1-3-5-6-4-2;;/h5-6H,1-2H3;;. The van der Waals surface area contributed by atoms with Crippen molar-refractivity contribution in [3.05, 3.63) is 18.7 Å². The minimum atomic E-state index is -0.318. The monoisotopic (exact) mass is 290 g/mol. The van der Waals surface area contributed by atoms with Crippen molar-refractivity contribution >= 4 is 23.2 Å². The first-order valence-electron chi connectivity index (χ1n) is 2.41. The van der Waals surface area contributed by atoms with Crippen LogP contribution in [0.3, 0.4) is 0 Å². The van der Waals surface area contributed by atoms with Crippen molar-refractivity contribution in [3.8, 4) is 0 Å². The van der Waals surface area contributed by atoms with Crippen LogP contribution in [0, 0.1) is 0 Å². The first-order valence-corrected chi connectivity index (χ1v) is 6.30. The van der Waals surface area contributed by atoms with Crippen molar-refractivity contribution in [3.63, 3.8) is 0 Å². The van der Waals surface area contributed by atoms with Gasteiger partial charge >= 0.3 is 55.8 Å². The Balaban J connectivity index is 2.61. The number of hydrogen-bond donors (Lipinski definition) is 0. The summed E-state index contributed by atoms with van der Waals surface area (Å²) in [5.41, 5.74) is 0. The molecule has 0 saturated heterocycles. The van der Waals surface area contributed by atoms with Crippen LogP contribution in [0.4, 0.5) is 0 Å². The fourth-order valence-corrected chi connectivity index (χ4v) is 4.36. The van der Waals surface area contributed by atoms with Crippen LogP contribution in [-0.2, 0) is 0 Å². The third kappa shape index (κ3) is 1.38. The van der Waals surface area contributed by atoms with Gasteiger partial charge in [-0.15, -0.1) is 0 Å². The van der Waals surface area contributed by atoms with Crippen molar-refractivity contribution in [2.24, 2.45) is 0 Å². The second-order valence-electron chi connectivity index (χ2n) is 1.82. The van der Waals surface area contributed by atoms with Gasteiger partial charge in [-0.25, -0.2) is 0 Å². The normalized spacial score (nSPS) is 19.1. The van der Waals surface area contributed by atoms with E-state index < -0.39 is 0 Å². The molecule has 0 amide bonds. The molecule has 0 spiro atoms. The summed E-state index contributed by atoms with van der Waals surface area (Å²) < 4.78 is 3.36. The Morgan fingerprint density at radius 2 is 1.57 bits per heavy atom. The zero-order chi connectivity index (χ0) is 5.28. The molecular weight excluding hydrogens is 281 g/mol. The van der Waals surface area contributed by atoms with Gasteiger partial charge in [0.05, 0.1) is 0 Å². The Kier molecular flexibility index (Phi) is 1.64. The van der Waals surface area contributed by atoms with Crippen LogP contribution >= 0.6 is 0 Å². The second kappa shape index (κ2) is 2.09. The van der Waals surface area contributed by atoms with Crippen LogP contribution in [0.2, 0.25) is 0 Å². The maximum absolute atomic E-state index is 2.26. The van der Waals surface area contributed by atoms with E-state index in [1.807, 2.05) is 0 Å². The molecule has 38 valence electrons. The molecule has 1 aliphatic heterocycles. The Bertz CT molecular complexity index is 115. The van der Waals surface area contributed by atoms with E-state index in [0.29, 0.717) is 0 Å². The summed E-state index contributed by atoms with van der Waals surface area (Å²) in [6.07, 6.45) is 4.52. The van der Waals surface area contributed by atoms with Gasteiger partial charge in [-0.2, -0.15) is 0 Å². The molecular formula is C6H9Bi. The predicted octanol–water partition coefficient (Wildman–Crippen LogP) is 1.24. The van der Waals surface area contributed by atoms with Crippen molar-refractivity contribution in [2.75, 3.05) is 0 Å². The molecule has 1 heteroatoms. The third-order valence-electron chi connectivity index (χ3n) is 0.978. The first-order chi connectivity index (χ1) is 3.29. The summed E-state index contributed by atoms with van der Waals surface area (Å²) in [7, 11) is 0. The summed E-state index contributed by atoms with van der Waals surface area (Å²) in [5, 5.41) is 0. The predicted molar refractivity (Wildman–Crippen MR) is 34.7 cm³/mol. The van der Waals surface area contributed by atoms with Gasteiger partial charge < -0.3 is 0 Å². The quantitative estimate of drug-likeness (QED) is 0.589. The first kappa shape index (κ1) is 5.50. The van der Waals surface area contributed by atoms with Crippen molar-refractivity contribution < 1.29 is 0 Å². The van der Waals surface area contributed by atoms with E-state index in [1.54, 1.807) is 6.56 Å². The molecule has 0 atom stereocenters.